The summed E-state index contributed by atoms with van der Waals surface area (Å²) >= 11 is 2.78. The van der Waals surface area contributed by atoms with Crippen LogP contribution in [-0.4, -0.2) is 34.8 Å². The van der Waals surface area contributed by atoms with E-state index in [1.807, 2.05) is 62.6 Å². The molecule has 3 aromatic heterocycles. The van der Waals surface area contributed by atoms with Gasteiger partial charge in [-0.2, -0.15) is 0 Å². The van der Waals surface area contributed by atoms with Crippen molar-refractivity contribution in [2.75, 3.05) is 13.7 Å². The normalized spacial score (nSPS) is 15.2. The van der Waals surface area contributed by atoms with Gasteiger partial charge in [-0.1, -0.05) is 23.5 Å². The van der Waals surface area contributed by atoms with E-state index in [9.17, 15) is 14.4 Å². The Morgan fingerprint density at radius 2 is 1.88 bits per heavy atom. The molecule has 0 radical (unpaired) electrons. The number of hydrogen-bond donors (Lipinski definition) is 0. The molecule has 8 nitrogen and oxygen atoms in total. The van der Waals surface area contributed by atoms with E-state index in [-0.39, 0.29) is 18.1 Å². The van der Waals surface area contributed by atoms with Gasteiger partial charge in [0.25, 0.3) is 5.56 Å². The van der Waals surface area contributed by atoms with Crippen LogP contribution in [0.2, 0.25) is 0 Å². The molecule has 1 aliphatic rings. The lowest BCUT2D eigenvalue weighted by Crippen LogP contribution is -2.39. The van der Waals surface area contributed by atoms with Crippen molar-refractivity contribution in [3.63, 3.8) is 0 Å². The van der Waals surface area contributed by atoms with Crippen LogP contribution in [0.3, 0.4) is 0 Å². The minimum absolute atomic E-state index is 0.217. The molecule has 0 amide bonds. The highest BCUT2D eigenvalue weighted by atomic mass is 32.1. The monoisotopic (exact) mass is 575 g/mol. The number of allylic oxidation sites excluding steroid dienone is 1. The second-order valence-corrected chi connectivity index (χ2v) is 11.4. The third-order valence-corrected chi connectivity index (χ3v) is 8.95. The predicted octanol–water partition coefficient (Wildman–Crippen LogP) is 4.36. The molecule has 10 heteroatoms. The van der Waals surface area contributed by atoms with Crippen molar-refractivity contribution in [3.8, 4) is 5.69 Å². The summed E-state index contributed by atoms with van der Waals surface area (Å²) in [6, 6.07) is 10.8. The number of esters is 2. The van der Waals surface area contributed by atoms with Gasteiger partial charge in [0.1, 0.15) is 6.04 Å². The standard InChI is InChI=1S/C30H29N3O5S2/c1-7-38-29(36)25-18(4)31-30-33(26(25)23-12-9-13-39-23)27(34)24(40-30)15-20-14-16(2)32(19(20)5)22-11-8-10-21(17(22)3)28(35)37-6/h8-15,26H,7H2,1-6H3/t26-/m0/s1. The van der Waals surface area contributed by atoms with Crippen molar-refractivity contribution in [3.05, 3.63) is 106 Å². The van der Waals surface area contributed by atoms with Gasteiger partial charge < -0.3 is 14.0 Å². The summed E-state index contributed by atoms with van der Waals surface area (Å²) in [4.78, 5) is 45.2. The van der Waals surface area contributed by atoms with Gasteiger partial charge in [-0.3, -0.25) is 9.36 Å². The van der Waals surface area contributed by atoms with Crippen LogP contribution in [0.5, 0.6) is 0 Å². The Labute approximate surface area is 239 Å². The quantitative estimate of drug-likeness (QED) is 0.319. The summed E-state index contributed by atoms with van der Waals surface area (Å²) in [7, 11) is 1.37. The van der Waals surface area contributed by atoms with Crippen molar-refractivity contribution < 1.29 is 19.1 Å². The Bertz CT molecular complexity index is 1860. The first kappa shape index (κ1) is 27.5. The highest BCUT2D eigenvalue weighted by Crippen LogP contribution is 2.33. The molecule has 0 N–H and O–H groups in total. The van der Waals surface area contributed by atoms with Crippen molar-refractivity contribution in [2.24, 2.45) is 4.99 Å². The summed E-state index contributed by atoms with van der Waals surface area (Å²) in [5.41, 5.74) is 5.64. The number of rotatable bonds is 6. The average Bonchev–Trinajstić information content (AvgIpc) is 3.63. The highest BCUT2D eigenvalue weighted by Gasteiger charge is 2.34. The van der Waals surface area contributed by atoms with Crippen LogP contribution in [0.15, 0.2) is 62.8 Å². The molecule has 5 rings (SSSR count). The zero-order chi connectivity index (χ0) is 28.7. The van der Waals surface area contributed by atoms with Crippen LogP contribution in [0.25, 0.3) is 11.8 Å². The molecule has 1 aromatic carbocycles. The second-order valence-electron chi connectivity index (χ2n) is 9.42. The third kappa shape index (κ3) is 4.56. The van der Waals surface area contributed by atoms with E-state index in [0.29, 0.717) is 26.2 Å². The van der Waals surface area contributed by atoms with Crippen LogP contribution >= 0.6 is 22.7 Å². The SMILES string of the molecule is CCOC(=O)C1=C(C)N=c2sc(=Cc3cc(C)n(-c4cccc(C(=O)OC)c4C)c3C)c(=O)n2[C@H]1c1cccs1. The van der Waals surface area contributed by atoms with Crippen LogP contribution in [-0.2, 0) is 14.3 Å². The number of hydrogen-bond acceptors (Lipinski definition) is 8. The average molecular weight is 576 g/mol. The predicted molar refractivity (Wildman–Crippen MR) is 156 cm³/mol. The lowest BCUT2D eigenvalue weighted by molar-refractivity contribution is -0.139. The number of carbonyl (C=O) groups excluding carboxylic acids is 2. The number of methoxy groups -OCH3 is 1. The van der Waals surface area contributed by atoms with E-state index in [1.54, 1.807) is 24.5 Å². The van der Waals surface area contributed by atoms with Gasteiger partial charge >= 0.3 is 11.9 Å². The van der Waals surface area contributed by atoms with Crippen molar-refractivity contribution >= 4 is 40.7 Å². The van der Waals surface area contributed by atoms with Crippen LogP contribution < -0.4 is 14.9 Å². The lowest BCUT2D eigenvalue weighted by atomic mass is 10.0. The summed E-state index contributed by atoms with van der Waals surface area (Å²) in [6.07, 6.45) is 1.87. The van der Waals surface area contributed by atoms with E-state index in [2.05, 4.69) is 9.56 Å². The second kappa shape index (κ2) is 10.9. The topological polar surface area (TPSA) is 91.9 Å². The molecule has 0 bridgehead atoms. The van der Waals surface area contributed by atoms with Crippen molar-refractivity contribution in [1.82, 2.24) is 9.13 Å². The molecule has 1 aliphatic heterocycles. The number of fused-ring (bicyclic) bond motifs is 1. The van der Waals surface area contributed by atoms with Gasteiger partial charge in [0.2, 0.25) is 0 Å². The first-order valence-electron chi connectivity index (χ1n) is 12.8. The number of thiazole rings is 1. The number of nitrogens with zero attached hydrogens (tertiary/aromatic N) is 3. The molecule has 0 spiro atoms. The van der Waals surface area contributed by atoms with Crippen LogP contribution in [0.4, 0.5) is 0 Å². The molecular formula is C30H29N3O5S2. The molecule has 40 heavy (non-hydrogen) atoms. The number of benzene rings is 1. The molecule has 4 heterocycles. The molecule has 206 valence electrons. The zero-order valence-electron chi connectivity index (χ0n) is 23.1. The Morgan fingerprint density at radius 1 is 1.10 bits per heavy atom. The summed E-state index contributed by atoms with van der Waals surface area (Å²) in [5, 5.41) is 1.93. The van der Waals surface area contributed by atoms with Crippen LogP contribution in [0, 0.1) is 20.8 Å². The van der Waals surface area contributed by atoms with E-state index in [1.165, 1.54) is 29.8 Å². The molecule has 0 aliphatic carbocycles. The van der Waals surface area contributed by atoms with Crippen LogP contribution in [0.1, 0.15) is 57.6 Å². The van der Waals surface area contributed by atoms with E-state index >= 15 is 0 Å². The highest BCUT2D eigenvalue weighted by molar-refractivity contribution is 7.10. The van der Waals surface area contributed by atoms with Crippen molar-refractivity contribution in [1.29, 1.82) is 0 Å². The maximum Gasteiger partial charge on any atom is 0.338 e. The lowest BCUT2D eigenvalue weighted by Gasteiger charge is -2.23. The van der Waals surface area contributed by atoms with Gasteiger partial charge in [0.15, 0.2) is 4.80 Å². The smallest absolute Gasteiger partial charge is 0.338 e. The fourth-order valence-corrected chi connectivity index (χ4v) is 7.01. The van der Waals surface area contributed by atoms with E-state index in [0.717, 1.165) is 33.1 Å². The Hall–Kier alpha value is -4.02. The van der Waals surface area contributed by atoms with Gasteiger partial charge in [0, 0.05) is 22.0 Å². The van der Waals surface area contributed by atoms with Gasteiger partial charge in [0.05, 0.1) is 35.1 Å². The Balaban J connectivity index is 1.67. The molecule has 0 fully saturated rings. The Kier molecular flexibility index (Phi) is 7.48. The largest absolute Gasteiger partial charge is 0.465 e. The minimum atomic E-state index is -0.603. The Morgan fingerprint density at radius 3 is 2.55 bits per heavy atom. The number of ether oxygens (including phenoxy) is 2. The maximum absolute atomic E-state index is 13.9. The summed E-state index contributed by atoms with van der Waals surface area (Å²) < 4.78 is 14.5. The van der Waals surface area contributed by atoms with E-state index < -0.39 is 12.0 Å². The van der Waals surface area contributed by atoms with Gasteiger partial charge in [-0.25, -0.2) is 14.6 Å². The summed E-state index contributed by atoms with van der Waals surface area (Å²) in [5.74, 6) is -0.856. The van der Waals surface area contributed by atoms with Gasteiger partial charge in [-0.05, 0) is 81.5 Å². The number of thiophene rings is 1. The summed E-state index contributed by atoms with van der Waals surface area (Å²) in [6.45, 7) is 9.63. The number of aryl methyl sites for hydroxylation is 1. The zero-order valence-corrected chi connectivity index (χ0v) is 24.7. The minimum Gasteiger partial charge on any atom is -0.465 e. The maximum atomic E-state index is 13.9. The molecular weight excluding hydrogens is 546 g/mol. The number of aromatic nitrogens is 2. The van der Waals surface area contributed by atoms with Gasteiger partial charge in [-0.15, -0.1) is 11.3 Å². The molecule has 0 unspecified atom stereocenters. The van der Waals surface area contributed by atoms with E-state index in [4.69, 9.17) is 9.47 Å². The first-order valence-corrected chi connectivity index (χ1v) is 14.5. The first-order chi connectivity index (χ1) is 19.2. The third-order valence-electron chi connectivity index (χ3n) is 7.04. The fourth-order valence-electron chi connectivity index (χ4n) is 5.15. The molecule has 0 saturated carbocycles. The van der Waals surface area contributed by atoms with Crippen molar-refractivity contribution in [2.45, 2.75) is 40.7 Å². The number of carbonyl (C=O) groups is 2. The molecule has 4 aromatic rings. The fraction of sp³-hybridized carbons (Fsp3) is 0.267. The molecule has 1 atom stereocenters. The molecule has 0 saturated heterocycles.